The molecule has 4 atom stereocenters. The molecule has 11 fully saturated rings. The van der Waals surface area contributed by atoms with Crippen molar-refractivity contribution in [2.75, 3.05) is 0 Å². The van der Waals surface area contributed by atoms with Crippen LogP contribution in [0, 0.1) is 29.6 Å². The zero-order valence-corrected chi connectivity index (χ0v) is 47.0. The summed E-state index contributed by atoms with van der Waals surface area (Å²) in [7, 11) is 0. The number of rotatable bonds is 14. The molecule has 0 heterocycles. The van der Waals surface area contributed by atoms with Crippen LogP contribution < -0.4 is 0 Å². The molecule has 0 aromatic rings. The Morgan fingerprint density at radius 1 is 0.211 bits per heavy atom. The van der Waals surface area contributed by atoms with Crippen molar-refractivity contribution < 1.29 is 0 Å². The average Bonchev–Trinajstić information content (AvgIpc) is 3.44. The van der Waals surface area contributed by atoms with Crippen molar-refractivity contribution in [1.82, 2.24) is 19.6 Å². The molecule has 0 N–H and O–H groups in total. The number of hydrogen-bond acceptors (Lipinski definition) is 4. The second-order valence-electron chi connectivity index (χ2n) is 28.5. The Morgan fingerprint density at radius 3 is 0.803 bits per heavy atom. The van der Waals surface area contributed by atoms with Crippen molar-refractivity contribution in [2.45, 2.75) is 381 Å². The first-order valence-corrected chi connectivity index (χ1v) is 33.9. The molecule has 4 heteroatoms. The van der Waals surface area contributed by atoms with E-state index in [1.165, 1.54) is 289 Å². The first-order chi connectivity index (χ1) is 35.1. The summed E-state index contributed by atoms with van der Waals surface area (Å²) in [4.78, 5) is 13.5. The van der Waals surface area contributed by atoms with Crippen LogP contribution in [0.15, 0.2) is 12.2 Å². The molecule has 0 aromatic heterocycles. The molecule has 0 spiro atoms. The Morgan fingerprint density at radius 2 is 0.465 bits per heavy atom. The highest BCUT2D eigenvalue weighted by Crippen LogP contribution is 2.51. The van der Waals surface area contributed by atoms with Crippen LogP contribution in [0.3, 0.4) is 0 Å². The van der Waals surface area contributed by atoms with Gasteiger partial charge in [-0.1, -0.05) is 128 Å². The van der Waals surface area contributed by atoms with E-state index < -0.39 is 0 Å². The highest BCUT2D eigenvalue weighted by molar-refractivity contribution is 5.06. The van der Waals surface area contributed by atoms with E-state index in [0.717, 1.165) is 102 Å². The highest BCUT2D eigenvalue weighted by atomic mass is 15.3. The summed E-state index contributed by atoms with van der Waals surface area (Å²) in [6.45, 7) is 2.59. The van der Waals surface area contributed by atoms with E-state index in [1.54, 1.807) is 12.8 Å². The monoisotopic (exact) mass is 977 g/mol. The maximum atomic E-state index is 3.48. The zero-order chi connectivity index (χ0) is 47.8. The van der Waals surface area contributed by atoms with E-state index in [-0.39, 0.29) is 0 Å². The second-order valence-corrected chi connectivity index (χ2v) is 28.5. The summed E-state index contributed by atoms with van der Waals surface area (Å²) >= 11 is 0. The summed E-state index contributed by atoms with van der Waals surface area (Å²) < 4.78 is 0. The minimum atomic E-state index is 0.843. The molecule has 0 aromatic carbocycles. The van der Waals surface area contributed by atoms with Gasteiger partial charge in [-0.25, -0.2) is 0 Å². The maximum absolute atomic E-state index is 3.48. The van der Waals surface area contributed by atoms with E-state index in [0.29, 0.717) is 0 Å². The van der Waals surface area contributed by atoms with Gasteiger partial charge in [0, 0.05) is 72.5 Å². The van der Waals surface area contributed by atoms with Gasteiger partial charge in [-0.05, 0) is 222 Å². The van der Waals surface area contributed by atoms with Crippen LogP contribution in [0.25, 0.3) is 0 Å². The molecule has 11 saturated carbocycles. The Bertz CT molecular complexity index is 1490. The van der Waals surface area contributed by atoms with Gasteiger partial charge >= 0.3 is 0 Å². The third-order valence-electron chi connectivity index (χ3n) is 24.3. The molecule has 0 aliphatic heterocycles. The normalized spacial score (nSPS) is 40.0. The molecule has 4 unspecified atom stereocenters. The minimum absolute atomic E-state index is 0.843. The van der Waals surface area contributed by atoms with Crippen molar-refractivity contribution in [1.29, 1.82) is 0 Å². The molecular formula is C67H116N4. The lowest BCUT2D eigenvalue weighted by atomic mass is 9.63. The average molecular weight is 978 g/mol. The molecule has 11 rings (SSSR count). The largest absolute Gasteiger partial charge is 0.294 e. The third kappa shape index (κ3) is 13.0. The maximum Gasteiger partial charge on any atom is 0.0133 e. The predicted molar refractivity (Wildman–Crippen MR) is 302 cm³/mol. The molecule has 11 aliphatic carbocycles. The summed E-state index contributed by atoms with van der Waals surface area (Å²) in [5.74, 6) is 4.57. The van der Waals surface area contributed by atoms with Crippen molar-refractivity contribution >= 4 is 0 Å². The predicted octanol–water partition coefficient (Wildman–Crippen LogP) is 17.8. The molecule has 11 aliphatic rings. The van der Waals surface area contributed by atoms with Crippen LogP contribution >= 0.6 is 0 Å². The summed E-state index contributed by atoms with van der Waals surface area (Å²) in [6.07, 6.45) is 76.0. The lowest BCUT2D eigenvalue weighted by Gasteiger charge is -2.59. The van der Waals surface area contributed by atoms with Gasteiger partial charge in [-0.15, -0.1) is 0 Å². The van der Waals surface area contributed by atoms with E-state index in [2.05, 4.69) is 38.7 Å². The first-order valence-electron chi connectivity index (χ1n) is 33.9. The fourth-order valence-electron chi connectivity index (χ4n) is 20.7. The number of fused-ring (bicyclic) bond motifs is 1. The Kier molecular flexibility index (Phi) is 19.5. The van der Waals surface area contributed by atoms with E-state index in [9.17, 15) is 0 Å². The molecule has 4 nitrogen and oxygen atoms in total. The highest BCUT2D eigenvalue weighted by Gasteiger charge is 2.51. The van der Waals surface area contributed by atoms with Crippen molar-refractivity contribution in [3.63, 3.8) is 0 Å². The Labute approximate surface area is 440 Å². The standard InChI is InChI=1S/C67H116N4/c1-51-33-39-60(40-34-51)70(62-47-43-58(44-48-62)68(54-21-9-3-10-22-54)55-23-11-4-12-24-55)66-31-17-30-65-64(66)29-18-32-67(65)71(61-41-37-53(38-42-61)36-35-52-19-7-2-8-20-52)63-49-45-59(46-50-63)69(56-25-13-5-14-26-56)57-27-15-6-16-28-57/h35-36,51-67H,2-34,37-50H2,1H3. The third-order valence-corrected chi connectivity index (χ3v) is 24.3. The van der Waals surface area contributed by atoms with Crippen LogP contribution in [-0.2, 0) is 0 Å². The van der Waals surface area contributed by atoms with Crippen LogP contribution in [0.2, 0.25) is 0 Å². The lowest BCUT2D eigenvalue weighted by Crippen LogP contribution is -2.62. The van der Waals surface area contributed by atoms with E-state index >= 15 is 0 Å². The molecule has 0 bridgehead atoms. The molecule has 0 saturated heterocycles. The Balaban J connectivity index is 0.821. The fraction of sp³-hybridized carbons (Fsp3) is 0.970. The van der Waals surface area contributed by atoms with Gasteiger partial charge in [0.05, 0.1) is 0 Å². The molecular weight excluding hydrogens is 861 g/mol. The quantitative estimate of drug-likeness (QED) is 0.161. The van der Waals surface area contributed by atoms with E-state index in [4.69, 9.17) is 0 Å². The Hall–Kier alpha value is -0.420. The molecule has 0 amide bonds. The topological polar surface area (TPSA) is 13.0 Å². The fourth-order valence-corrected chi connectivity index (χ4v) is 20.7. The van der Waals surface area contributed by atoms with Gasteiger partial charge in [-0.2, -0.15) is 0 Å². The molecule has 0 radical (unpaired) electrons. The summed E-state index contributed by atoms with van der Waals surface area (Å²) in [5, 5.41) is 0. The molecule has 71 heavy (non-hydrogen) atoms. The van der Waals surface area contributed by atoms with E-state index in [1.807, 2.05) is 0 Å². The van der Waals surface area contributed by atoms with Gasteiger partial charge in [-0.3, -0.25) is 19.6 Å². The van der Waals surface area contributed by atoms with Crippen LogP contribution in [0.5, 0.6) is 0 Å². The zero-order valence-electron chi connectivity index (χ0n) is 47.0. The van der Waals surface area contributed by atoms with Crippen LogP contribution in [-0.4, -0.2) is 92.1 Å². The van der Waals surface area contributed by atoms with Gasteiger partial charge in [0.1, 0.15) is 0 Å². The van der Waals surface area contributed by atoms with Crippen molar-refractivity contribution in [3.05, 3.63) is 12.2 Å². The van der Waals surface area contributed by atoms with Crippen molar-refractivity contribution in [2.24, 2.45) is 29.6 Å². The number of hydrogen-bond donors (Lipinski definition) is 0. The summed E-state index contributed by atoms with van der Waals surface area (Å²) in [6, 6.07) is 10.5. The van der Waals surface area contributed by atoms with Gasteiger partial charge in [0.2, 0.25) is 0 Å². The van der Waals surface area contributed by atoms with Gasteiger partial charge < -0.3 is 0 Å². The number of nitrogens with zero attached hydrogens (tertiary/aromatic N) is 4. The van der Waals surface area contributed by atoms with Crippen molar-refractivity contribution in [3.8, 4) is 0 Å². The van der Waals surface area contributed by atoms with Crippen LogP contribution in [0.1, 0.15) is 309 Å². The number of allylic oxidation sites excluding steroid dienone is 2. The SMILES string of the molecule is CC1CCC(N(C2CCC(N(C3CCCCC3)C3CCCCC3)CC2)C2CCCC3C2CCCC3N(C2CCC(C=CC3CCCCC3)CC2)C2CCC(N(C3CCCCC3)C3CCCCC3)CC2)CC1. The second kappa shape index (κ2) is 26.3. The van der Waals surface area contributed by atoms with Crippen LogP contribution in [0.4, 0.5) is 0 Å². The summed E-state index contributed by atoms with van der Waals surface area (Å²) in [5.41, 5.74) is 0. The smallest absolute Gasteiger partial charge is 0.0133 e. The first kappa shape index (κ1) is 52.6. The molecule has 404 valence electrons. The lowest BCUT2D eigenvalue weighted by molar-refractivity contribution is -0.0875. The van der Waals surface area contributed by atoms with Gasteiger partial charge in [0.15, 0.2) is 0 Å². The van der Waals surface area contributed by atoms with Gasteiger partial charge in [0.25, 0.3) is 0 Å². The minimum Gasteiger partial charge on any atom is -0.294 e.